The molecule has 0 saturated carbocycles. The second kappa shape index (κ2) is 5.27. The Morgan fingerprint density at radius 2 is 2.11 bits per heavy atom. The quantitative estimate of drug-likeness (QED) is 0.926. The van der Waals surface area contributed by atoms with E-state index in [9.17, 15) is 4.39 Å². The Labute approximate surface area is 116 Å². The number of halogens is 2. The van der Waals surface area contributed by atoms with Gasteiger partial charge in [-0.2, -0.15) is 0 Å². The fourth-order valence-corrected chi connectivity index (χ4v) is 3.27. The normalized spacial score (nSPS) is 19.7. The minimum atomic E-state index is -0.267. The Hall–Kier alpha value is -0.450. The maximum absolute atomic E-state index is 14.1. The van der Waals surface area contributed by atoms with E-state index in [1.54, 1.807) is 6.07 Å². The van der Waals surface area contributed by atoms with Crippen LogP contribution < -0.4 is 5.73 Å². The third-order valence-electron chi connectivity index (χ3n) is 3.95. The van der Waals surface area contributed by atoms with Crippen molar-refractivity contribution in [2.45, 2.75) is 19.3 Å². The summed E-state index contributed by atoms with van der Waals surface area (Å²) in [4.78, 5) is 0. The highest BCUT2D eigenvalue weighted by atomic mass is 79.9. The second-order valence-corrected chi connectivity index (χ2v) is 6.27. The number of benzene rings is 1. The van der Waals surface area contributed by atoms with Crippen molar-refractivity contribution in [3.05, 3.63) is 34.1 Å². The molecular formula is C14H19BrFNO. The van der Waals surface area contributed by atoms with E-state index in [4.69, 9.17) is 10.5 Å². The summed E-state index contributed by atoms with van der Waals surface area (Å²) >= 11 is 3.41. The van der Waals surface area contributed by atoms with Gasteiger partial charge >= 0.3 is 0 Å². The summed E-state index contributed by atoms with van der Waals surface area (Å²) in [5, 5.41) is 0. The first-order chi connectivity index (χ1) is 8.51. The fraction of sp³-hybridized carbons (Fsp3) is 0.571. The molecule has 1 saturated heterocycles. The van der Waals surface area contributed by atoms with Crippen LogP contribution in [0.25, 0.3) is 0 Å². The van der Waals surface area contributed by atoms with E-state index >= 15 is 0 Å². The van der Waals surface area contributed by atoms with E-state index in [-0.39, 0.29) is 17.2 Å². The molecule has 1 aromatic carbocycles. The molecule has 1 fully saturated rings. The summed E-state index contributed by atoms with van der Waals surface area (Å²) < 4.78 is 20.4. The third-order valence-corrected chi connectivity index (χ3v) is 4.45. The van der Waals surface area contributed by atoms with Crippen molar-refractivity contribution in [3.8, 4) is 0 Å². The second-order valence-electron chi connectivity index (χ2n) is 5.36. The van der Waals surface area contributed by atoms with E-state index < -0.39 is 0 Å². The molecule has 1 unspecified atom stereocenters. The Morgan fingerprint density at radius 1 is 1.44 bits per heavy atom. The van der Waals surface area contributed by atoms with E-state index in [0.29, 0.717) is 25.7 Å². The van der Waals surface area contributed by atoms with Gasteiger partial charge in [-0.1, -0.05) is 29.8 Å². The number of rotatable bonds is 4. The van der Waals surface area contributed by atoms with Crippen LogP contribution in [0.1, 0.15) is 19.4 Å². The molecule has 1 atom stereocenters. The van der Waals surface area contributed by atoms with Crippen LogP contribution >= 0.6 is 15.9 Å². The van der Waals surface area contributed by atoms with Crippen molar-refractivity contribution in [2.24, 2.45) is 17.6 Å². The largest absolute Gasteiger partial charge is 0.379 e. The Bertz CT molecular complexity index is 432. The van der Waals surface area contributed by atoms with Crippen molar-refractivity contribution >= 4 is 15.9 Å². The summed E-state index contributed by atoms with van der Waals surface area (Å²) in [6.45, 7) is 5.93. The smallest absolute Gasteiger partial charge is 0.127 e. The van der Waals surface area contributed by atoms with Gasteiger partial charge in [0.2, 0.25) is 0 Å². The van der Waals surface area contributed by atoms with Gasteiger partial charge in [-0.3, -0.25) is 0 Å². The van der Waals surface area contributed by atoms with E-state index in [2.05, 4.69) is 29.8 Å². The zero-order valence-electron chi connectivity index (χ0n) is 10.7. The molecule has 1 aliphatic heterocycles. The highest BCUT2D eigenvalue weighted by Gasteiger charge is 2.49. The van der Waals surface area contributed by atoms with Crippen molar-refractivity contribution in [1.82, 2.24) is 0 Å². The zero-order chi connectivity index (χ0) is 13.3. The molecule has 1 aliphatic rings. The van der Waals surface area contributed by atoms with Crippen molar-refractivity contribution < 1.29 is 9.13 Å². The van der Waals surface area contributed by atoms with Crippen LogP contribution in [0, 0.1) is 17.7 Å². The topological polar surface area (TPSA) is 35.2 Å². The number of hydrogen-bond donors (Lipinski definition) is 1. The number of ether oxygens (including phenoxy) is 1. The van der Waals surface area contributed by atoms with E-state index in [1.807, 2.05) is 6.07 Å². The fourth-order valence-electron chi connectivity index (χ4n) is 2.91. The Balaban J connectivity index is 2.46. The molecule has 0 aliphatic carbocycles. The molecule has 18 heavy (non-hydrogen) atoms. The van der Waals surface area contributed by atoms with E-state index in [0.717, 1.165) is 10.0 Å². The molecule has 2 rings (SSSR count). The molecule has 0 bridgehead atoms. The molecule has 100 valence electrons. The summed E-state index contributed by atoms with van der Waals surface area (Å²) in [5.74, 6) is 0.466. The lowest BCUT2D eigenvalue weighted by Crippen LogP contribution is -2.56. The van der Waals surface area contributed by atoms with Gasteiger partial charge in [0.1, 0.15) is 5.82 Å². The lowest BCUT2D eigenvalue weighted by atomic mass is 9.64. The third kappa shape index (κ3) is 2.22. The van der Waals surface area contributed by atoms with Crippen LogP contribution in [0.4, 0.5) is 4.39 Å². The van der Waals surface area contributed by atoms with Crippen LogP contribution in [0.3, 0.4) is 0 Å². The molecular weight excluding hydrogens is 297 g/mol. The van der Waals surface area contributed by atoms with E-state index in [1.165, 1.54) is 6.07 Å². The minimum absolute atomic E-state index is 0.166. The highest BCUT2D eigenvalue weighted by molar-refractivity contribution is 9.10. The minimum Gasteiger partial charge on any atom is -0.379 e. The number of nitrogens with two attached hydrogens (primary N) is 1. The van der Waals surface area contributed by atoms with Crippen LogP contribution in [0.2, 0.25) is 0 Å². The predicted molar refractivity (Wildman–Crippen MR) is 74.0 cm³/mol. The average molecular weight is 316 g/mol. The molecule has 1 aromatic rings. The van der Waals surface area contributed by atoms with Gasteiger partial charge in [-0.25, -0.2) is 4.39 Å². The van der Waals surface area contributed by atoms with Gasteiger partial charge in [-0.05, 0) is 36.6 Å². The molecule has 0 aromatic heterocycles. The van der Waals surface area contributed by atoms with Gasteiger partial charge in [0, 0.05) is 15.5 Å². The first-order valence-corrected chi connectivity index (χ1v) is 7.04. The van der Waals surface area contributed by atoms with Crippen molar-refractivity contribution in [2.75, 3.05) is 19.8 Å². The molecule has 0 amide bonds. The van der Waals surface area contributed by atoms with Crippen LogP contribution in [0.5, 0.6) is 0 Å². The molecule has 0 spiro atoms. The molecule has 2 nitrogen and oxygen atoms in total. The maximum atomic E-state index is 14.1. The number of hydrogen-bond acceptors (Lipinski definition) is 2. The van der Waals surface area contributed by atoms with Gasteiger partial charge in [0.05, 0.1) is 13.2 Å². The average Bonchev–Trinajstić information content (AvgIpc) is 2.26. The summed E-state index contributed by atoms with van der Waals surface area (Å²) in [5.41, 5.74) is 6.37. The van der Waals surface area contributed by atoms with Crippen molar-refractivity contribution in [3.63, 3.8) is 0 Å². The summed E-state index contributed by atoms with van der Waals surface area (Å²) in [6.07, 6.45) is 0. The monoisotopic (exact) mass is 315 g/mol. The molecule has 2 N–H and O–H groups in total. The zero-order valence-corrected chi connectivity index (χ0v) is 12.3. The highest BCUT2D eigenvalue weighted by Crippen LogP contribution is 2.44. The van der Waals surface area contributed by atoms with Gasteiger partial charge in [0.25, 0.3) is 0 Å². The van der Waals surface area contributed by atoms with Gasteiger partial charge < -0.3 is 10.5 Å². The first kappa shape index (κ1) is 14.0. The Kier molecular flexibility index (Phi) is 4.09. The first-order valence-electron chi connectivity index (χ1n) is 6.24. The maximum Gasteiger partial charge on any atom is 0.127 e. The summed E-state index contributed by atoms with van der Waals surface area (Å²) in [7, 11) is 0. The van der Waals surface area contributed by atoms with Crippen molar-refractivity contribution in [1.29, 1.82) is 0 Å². The van der Waals surface area contributed by atoms with Gasteiger partial charge in [0.15, 0.2) is 0 Å². The predicted octanol–water partition coefficient (Wildman–Crippen LogP) is 3.09. The van der Waals surface area contributed by atoms with Crippen LogP contribution in [0.15, 0.2) is 22.7 Å². The standard InChI is InChI=1S/C14H19BrFNO/c1-9(2)12(6-17)14(7-18-8-14)11-5-10(15)3-4-13(11)16/h3-5,9,12H,6-8,17H2,1-2H3. The van der Waals surface area contributed by atoms with Gasteiger partial charge in [-0.15, -0.1) is 0 Å². The van der Waals surface area contributed by atoms with Crippen LogP contribution in [-0.4, -0.2) is 19.8 Å². The Morgan fingerprint density at radius 3 is 2.56 bits per heavy atom. The molecule has 0 radical (unpaired) electrons. The van der Waals surface area contributed by atoms with Crippen LogP contribution in [-0.2, 0) is 10.2 Å². The molecule has 1 heterocycles. The summed E-state index contributed by atoms with van der Waals surface area (Å²) in [6, 6.07) is 5.09. The lowest BCUT2D eigenvalue weighted by Gasteiger charge is -2.49. The lowest BCUT2D eigenvalue weighted by molar-refractivity contribution is -0.0997. The SMILES string of the molecule is CC(C)C(CN)C1(c2cc(Br)ccc2F)COC1. The molecule has 4 heteroatoms.